The molecule has 4 nitrogen and oxygen atoms in total. The van der Waals surface area contributed by atoms with E-state index in [0.29, 0.717) is 30.6 Å². The number of Topliss-reactive ketones (excluding diaryl/α,β-unsaturated/α-hetero) is 1. The number of ketones is 1. The number of halogens is 2. The maximum absolute atomic E-state index is 13.6. The number of anilines is 1. The van der Waals surface area contributed by atoms with Crippen LogP contribution in [0.3, 0.4) is 0 Å². The lowest BCUT2D eigenvalue weighted by atomic mass is 9.99. The summed E-state index contributed by atoms with van der Waals surface area (Å²) in [6, 6.07) is 8.02. The molecule has 0 atom stereocenters. The fourth-order valence-corrected chi connectivity index (χ4v) is 4.75. The van der Waals surface area contributed by atoms with Crippen LogP contribution in [0.15, 0.2) is 41.3 Å². The predicted molar refractivity (Wildman–Crippen MR) is 98.4 cm³/mol. The molecule has 8 heteroatoms. The first-order chi connectivity index (χ1) is 12.3. The Labute approximate surface area is 155 Å². The number of rotatable bonds is 5. The molecule has 26 heavy (non-hydrogen) atoms. The van der Waals surface area contributed by atoms with Crippen molar-refractivity contribution in [3.63, 3.8) is 0 Å². The number of sulfonamides is 1. The Kier molecular flexibility index (Phi) is 5.34. The molecule has 1 heterocycles. The molecule has 0 aromatic heterocycles. The Bertz CT molecular complexity index is 961. The van der Waals surface area contributed by atoms with Gasteiger partial charge in [0.25, 0.3) is 0 Å². The van der Waals surface area contributed by atoms with E-state index in [4.69, 9.17) is 0 Å². The molecule has 1 aliphatic heterocycles. The fraction of sp³-hybridized carbons (Fsp3) is 0.278. The summed E-state index contributed by atoms with van der Waals surface area (Å²) in [6.07, 6.45) is 2.53. The molecule has 3 rings (SSSR count). The smallest absolute Gasteiger partial charge is 0.232 e. The van der Waals surface area contributed by atoms with Crippen molar-refractivity contribution < 1.29 is 22.0 Å². The number of hydrogen-bond donors (Lipinski definition) is 0. The van der Waals surface area contributed by atoms with Gasteiger partial charge in [-0.15, -0.1) is 11.8 Å². The molecular weight excluding hydrogens is 380 g/mol. The van der Waals surface area contributed by atoms with Crippen LogP contribution in [-0.4, -0.2) is 32.8 Å². The van der Waals surface area contributed by atoms with Crippen molar-refractivity contribution in [2.45, 2.75) is 17.7 Å². The zero-order chi connectivity index (χ0) is 18.9. The Morgan fingerprint density at radius 3 is 2.69 bits per heavy atom. The molecule has 1 aliphatic rings. The molecule has 0 saturated heterocycles. The minimum absolute atomic E-state index is 0.0328. The van der Waals surface area contributed by atoms with Gasteiger partial charge in [0.05, 0.1) is 17.7 Å². The van der Waals surface area contributed by atoms with Gasteiger partial charge in [-0.25, -0.2) is 17.2 Å². The number of nitrogens with zero attached hydrogens (tertiary/aromatic N) is 1. The van der Waals surface area contributed by atoms with Crippen LogP contribution in [0, 0.1) is 11.6 Å². The van der Waals surface area contributed by atoms with Crippen LogP contribution < -0.4 is 4.31 Å². The lowest BCUT2D eigenvalue weighted by molar-refractivity contribution is 0.102. The maximum Gasteiger partial charge on any atom is 0.232 e. The SMILES string of the molecule is CS(=O)(=O)N1CCCc2cc(C(=O)CSc3cc(F)ccc3F)ccc21. The minimum atomic E-state index is -3.36. The Morgan fingerprint density at radius 2 is 1.96 bits per heavy atom. The van der Waals surface area contributed by atoms with Crippen LogP contribution in [0.1, 0.15) is 22.3 Å². The third kappa shape index (κ3) is 4.07. The van der Waals surface area contributed by atoms with E-state index in [2.05, 4.69) is 0 Å². The summed E-state index contributed by atoms with van der Waals surface area (Å²) in [5.74, 6) is -1.39. The summed E-state index contributed by atoms with van der Waals surface area (Å²) in [5, 5.41) is 0. The molecule has 0 radical (unpaired) electrons. The molecule has 0 spiro atoms. The average molecular weight is 397 g/mol. The number of benzene rings is 2. The number of hydrogen-bond acceptors (Lipinski definition) is 4. The van der Waals surface area contributed by atoms with Gasteiger partial charge >= 0.3 is 0 Å². The van der Waals surface area contributed by atoms with E-state index in [1.807, 2.05) is 0 Å². The second-order valence-electron chi connectivity index (χ2n) is 6.07. The molecule has 2 aromatic rings. The average Bonchev–Trinajstić information content (AvgIpc) is 2.60. The van der Waals surface area contributed by atoms with Gasteiger partial charge < -0.3 is 0 Å². The normalized spacial score (nSPS) is 14.2. The van der Waals surface area contributed by atoms with E-state index in [1.54, 1.807) is 18.2 Å². The Balaban J connectivity index is 1.78. The second kappa shape index (κ2) is 7.36. The summed E-state index contributed by atoms with van der Waals surface area (Å²) in [5.41, 5.74) is 1.83. The van der Waals surface area contributed by atoms with Crippen molar-refractivity contribution in [2.24, 2.45) is 0 Å². The van der Waals surface area contributed by atoms with Gasteiger partial charge in [0.2, 0.25) is 10.0 Å². The van der Waals surface area contributed by atoms with Crippen molar-refractivity contribution >= 4 is 33.3 Å². The zero-order valence-corrected chi connectivity index (χ0v) is 15.7. The topological polar surface area (TPSA) is 54.5 Å². The molecule has 0 aliphatic carbocycles. The van der Waals surface area contributed by atoms with Gasteiger partial charge in [-0.2, -0.15) is 0 Å². The number of fused-ring (bicyclic) bond motifs is 1. The third-order valence-electron chi connectivity index (χ3n) is 4.13. The van der Waals surface area contributed by atoms with Crippen molar-refractivity contribution in [1.29, 1.82) is 0 Å². The third-order valence-corrected chi connectivity index (χ3v) is 6.34. The monoisotopic (exact) mass is 397 g/mol. The molecule has 138 valence electrons. The molecule has 2 aromatic carbocycles. The van der Waals surface area contributed by atoms with Crippen LogP contribution in [-0.2, 0) is 16.4 Å². The number of thioether (sulfide) groups is 1. The van der Waals surface area contributed by atoms with E-state index in [0.717, 1.165) is 41.8 Å². The van der Waals surface area contributed by atoms with Crippen LogP contribution in [0.2, 0.25) is 0 Å². The van der Waals surface area contributed by atoms with Crippen molar-refractivity contribution in [1.82, 2.24) is 0 Å². The minimum Gasteiger partial charge on any atom is -0.293 e. The number of aryl methyl sites for hydroxylation is 1. The predicted octanol–water partition coefficient (Wildman–Crippen LogP) is 3.65. The van der Waals surface area contributed by atoms with Gasteiger partial charge in [-0.1, -0.05) is 0 Å². The molecule has 0 unspecified atom stereocenters. The molecule has 0 fully saturated rings. The summed E-state index contributed by atoms with van der Waals surface area (Å²) in [7, 11) is -3.36. The van der Waals surface area contributed by atoms with Crippen molar-refractivity contribution in [3.05, 3.63) is 59.2 Å². The molecular formula is C18H17F2NO3S2. The summed E-state index contributed by atoms with van der Waals surface area (Å²) in [6.45, 7) is 0.424. The van der Waals surface area contributed by atoms with Crippen LogP contribution in [0.4, 0.5) is 14.5 Å². The van der Waals surface area contributed by atoms with E-state index in [-0.39, 0.29) is 16.4 Å². The lowest BCUT2D eigenvalue weighted by Crippen LogP contribution is -2.34. The maximum atomic E-state index is 13.6. The van der Waals surface area contributed by atoms with Gasteiger partial charge in [0, 0.05) is 17.0 Å². The number of carbonyl (C=O) groups excluding carboxylic acids is 1. The highest BCUT2D eigenvalue weighted by atomic mass is 32.2. The summed E-state index contributed by atoms with van der Waals surface area (Å²) >= 11 is 0.936. The number of carbonyl (C=O) groups is 1. The summed E-state index contributed by atoms with van der Waals surface area (Å²) < 4.78 is 51.9. The van der Waals surface area contributed by atoms with E-state index < -0.39 is 21.7 Å². The molecule has 0 N–H and O–H groups in total. The van der Waals surface area contributed by atoms with Crippen LogP contribution in [0.5, 0.6) is 0 Å². The Morgan fingerprint density at radius 1 is 1.19 bits per heavy atom. The Hall–Kier alpha value is -1.93. The van der Waals surface area contributed by atoms with Gasteiger partial charge in [-0.3, -0.25) is 9.10 Å². The molecule has 0 amide bonds. The highest BCUT2D eigenvalue weighted by molar-refractivity contribution is 8.00. The van der Waals surface area contributed by atoms with E-state index in [9.17, 15) is 22.0 Å². The van der Waals surface area contributed by atoms with E-state index in [1.165, 1.54) is 4.31 Å². The zero-order valence-electron chi connectivity index (χ0n) is 14.0. The largest absolute Gasteiger partial charge is 0.293 e. The second-order valence-corrected chi connectivity index (χ2v) is 8.99. The molecule has 0 bridgehead atoms. The first-order valence-corrected chi connectivity index (χ1v) is 10.8. The van der Waals surface area contributed by atoms with Crippen molar-refractivity contribution in [3.8, 4) is 0 Å². The first-order valence-electron chi connectivity index (χ1n) is 7.97. The highest BCUT2D eigenvalue weighted by Crippen LogP contribution is 2.31. The first kappa shape index (κ1) is 18.8. The molecule has 0 saturated carbocycles. The lowest BCUT2D eigenvalue weighted by Gasteiger charge is -2.29. The van der Waals surface area contributed by atoms with Crippen LogP contribution >= 0.6 is 11.8 Å². The highest BCUT2D eigenvalue weighted by Gasteiger charge is 2.24. The van der Waals surface area contributed by atoms with Gasteiger partial charge in [0.1, 0.15) is 11.6 Å². The fourth-order valence-electron chi connectivity index (χ4n) is 2.89. The van der Waals surface area contributed by atoms with Gasteiger partial charge in [0.15, 0.2) is 5.78 Å². The van der Waals surface area contributed by atoms with Crippen molar-refractivity contribution in [2.75, 3.05) is 22.9 Å². The standard InChI is InChI=1S/C18H17F2NO3S2/c1-26(23,24)21-8-2-3-12-9-13(4-7-16(12)21)17(22)11-25-18-10-14(19)5-6-15(18)20/h4-7,9-10H,2-3,8,11H2,1H3. The quantitative estimate of drug-likeness (QED) is 0.571. The van der Waals surface area contributed by atoms with E-state index >= 15 is 0 Å². The van der Waals surface area contributed by atoms with Crippen LogP contribution in [0.25, 0.3) is 0 Å². The summed E-state index contributed by atoms with van der Waals surface area (Å²) in [4.78, 5) is 12.5. The van der Waals surface area contributed by atoms with Gasteiger partial charge in [-0.05, 0) is 54.8 Å².